The van der Waals surface area contributed by atoms with Gasteiger partial charge < -0.3 is 19.3 Å². The number of nitrogens with zero attached hydrogens (tertiary/aromatic N) is 3. The van der Waals surface area contributed by atoms with Crippen molar-refractivity contribution in [1.29, 1.82) is 0 Å². The molecule has 24 heavy (non-hydrogen) atoms. The minimum Gasteiger partial charge on any atom is -0.377 e. The zero-order chi connectivity index (χ0) is 16.6. The Hall–Kier alpha value is -0.690. The van der Waals surface area contributed by atoms with Crippen molar-refractivity contribution in [3.8, 4) is 0 Å². The molecule has 3 saturated heterocycles. The van der Waals surface area contributed by atoms with Gasteiger partial charge in [-0.25, -0.2) is 0 Å². The van der Waals surface area contributed by atoms with Crippen molar-refractivity contribution in [3.63, 3.8) is 0 Å². The van der Waals surface area contributed by atoms with Gasteiger partial charge in [-0.2, -0.15) is 0 Å². The summed E-state index contributed by atoms with van der Waals surface area (Å²) < 4.78 is 12.3. The minimum absolute atomic E-state index is 0.266. The van der Waals surface area contributed by atoms with Crippen LogP contribution in [0.4, 0.5) is 0 Å². The molecule has 3 aliphatic heterocycles. The van der Waals surface area contributed by atoms with Crippen molar-refractivity contribution >= 4 is 5.91 Å². The van der Waals surface area contributed by atoms with Gasteiger partial charge in [0.25, 0.3) is 0 Å². The number of piperazine rings is 1. The van der Waals surface area contributed by atoms with E-state index in [0.717, 1.165) is 71.5 Å². The fourth-order valence-electron chi connectivity index (χ4n) is 4.25. The second kappa shape index (κ2) is 6.90. The Morgan fingerprint density at radius 2 is 1.92 bits per heavy atom. The lowest BCUT2D eigenvalue weighted by molar-refractivity contribution is -0.137. The average Bonchev–Trinajstić information content (AvgIpc) is 3.37. The third-order valence-electron chi connectivity index (χ3n) is 5.98. The first-order valence-corrected chi connectivity index (χ1v) is 9.59. The van der Waals surface area contributed by atoms with Crippen LogP contribution in [-0.4, -0.2) is 98.4 Å². The van der Waals surface area contributed by atoms with Gasteiger partial charge in [0.2, 0.25) is 5.91 Å². The van der Waals surface area contributed by atoms with Crippen LogP contribution in [-0.2, 0) is 14.3 Å². The first kappa shape index (κ1) is 16.8. The fourth-order valence-corrected chi connectivity index (χ4v) is 4.25. The van der Waals surface area contributed by atoms with E-state index in [4.69, 9.17) is 9.47 Å². The van der Waals surface area contributed by atoms with Gasteiger partial charge >= 0.3 is 0 Å². The van der Waals surface area contributed by atoms with Crippen LogP contribution in [0.2, 0.25) is 0 Å². The summed E-state index contributed by atoms with van der Waals surface area (Å²) in [4.78, 5) is 19.4. The number of hydrogen-bond donors (Lipinski definition) is 0. The molecule has 2 unspecified atom stereocenters. The molecular formula is C18H31N3O3. The first-order chi connectivity index (χ1) is 11.6. The van der Waals surface area contributed by atoms with E-state index in [1.807, 2.05) is 4.90 Å². The van der Waals surface area contributed by atoms with Crippen LogP contribution in [0.1, 0.15) is 25.7 Å². The molecule has 4 rings (SSSR count). The van der Waals surface area contributed by atoms with Gasteiger partial charge in [-0.05, 0) is 32.7 Å². The molecule has 0 radical (unpaired) electrons. The van der Waals surface area contributed by atoms with Crippen molar-refractivity contribution in [2.45, 2.75) is 37.4 Å². The van der Waals surface area contributed by atoms with Crippen LogP contribution in [0.5, 0.6) is 0 Å². The highest BCUT2D eigenvalue weighted by Crippen LogP contribution is 2.36. The molecule has 1 aliphatic carbocycles. The Balaban J connectivity index is 1.33. The van der Waals surface area contributed by atoms with Gasteiger partial charge in [-0.15, -0.1) is 0 Å². The molecule has 3 heterocycles. The summed E-state index contributed by atoms with van der Waals surface area (Å²) in [7, 11) is 2.19. The molecule has 1 amide bonds. The monoisotopic (exact) mass is 337 g/mol. The van der Waals surface area contributed by atoms with E-state index < -0.39 is 0 Å². The predicted octanol–water partition coefficient (Wildman–Crippen LogP) is 0.420. The highest BCUT2D eigenvalue weighted by molar-refractivity contribution is 5.81. The van der Waals surface area contributed by atoms with Crippen molar-refractivity contribution in [2.24, 2.45) is 5.92 Å². The Kier molecular flexibility index (Phi) is 4.82. The van der Waals surface area contributed by atoms with Gasteiger partial charge in [-0.1, -0.05) is 0 Å². The Bertz CT molecular complexity index is 462. The molecule has 0 aromatic rings. The maximum atomic E-state index is 12.5. The van der Waals surface area contributed by atoms with Gasteiger partial charge in [0.15, 0.2) is 0 Å². The van der Waals surface area contributed by atoms with E-state index in [9.17, 15) is 4.79 Å². The van der Waals surface area contributed by atoms with Crippen LogP contribution < -0.4 is 0 Å². The number of hydrogen-bond acceptors (Lipinski definition) is 5. The third kappa shape index (κ3) is 3.77. The van der Waals surface area contributed by atoms with Crippen molar-refractivity contribution < 1.29 is 14.3 Å². The topological polar surface area (TPSA) is 45.2 Å². The second-order valence-corrected chi connectivity index (χ2v) is 8.15. The fraction of sp³-hybridized carbons (Fsp3) is 0.944. The summed E-state index contributed by atoms with van der Waals surface area (Å²) in [6.07, 6.45) is 4.51. The number of carbonyl (C=O) groups is 1. The first-order valence-electron chi connectivity index (χ1n) is 9.59. The van der Waals surface area contributed by atoms with Crippen LogP contribution in [0.3, 0.4) is 0 Å². The average molecular weight is 337 g/mol. The largest absolute Gasteiger partial charge is 0.377 e. The maximum absolute atomic E-state index is 12.5. The zero-order valence-corrected chi connectivity index (χ0v) is 14.9. The van der Waals surface area contributed by atoms with Gasteiger partial charge in [0.05, 0.1) is 25.9 Å². The highest BCUT2D eigenvalue weighted by atomic mass is 16.6. The van der Waals surface area contributed by atoms with Crippen LogP contribution in [0.15, 0.2) is 0 Å². The van der Waals surface area contributed by atoms with E-state index in [-0.39, 0.29) is 17.6 Å². The second-order valence-electron chi connectivity index (χ2n) is 8.15. The van der Waals surface area contributed by atoms with Gasteiger partial charge in [0.1, 0.15) is 5.60 Å². The number of likely N-dealkylation sites (N-methyl/N-ethyl adjacent to an activating group) is 1. The van der Waals surface area contributed by atoms with E-state index in [1.54, 1.807) is 0 Å². The van der Waals surface area contributed by atoms with Crippen LogP contribution >= 0.6 is 0 Å². The van der Waals surface area contributed by atoms with Gasteiger partial charge in [0, 0.05) is 45.2 Å². The Morgan fingerprint density at radius 3 is 2.67 bits per heavy atom. The molecule has 0 bridgehead atoms. The lowest BCUT2D eigenvalue weighted by Crippen LogP contribution is -2.49. The molecule has 6 nitrogen and oxygen atoms in total. The van der Waals surface area contributed by atoms with Crippen molar-refractivity contribution in [2.75, 3.05) is 66.1 Å². The molecule has 1 spiro atoms. The van der Waals surface area contributed by atoms with E-state index in [2.05, 4.69) is 16.8 Å². The molecule has 0 N–H and O–H groups in total. The minimum atomic E-state index is -0.266. The quantitative estimate of drug-likeness (QED) is 0.747. The van der Waals surface area contributed by atoms with E-state index in [0.29, 0.717) is 19.1 Å². The molecular weight excluding hydrogens is 306 g/mol. The molecule has 4 fully saturated rings. The lowest BCUT2D eigenvalue weighted by atomic mass is 10.00. The molecule has 6 heteroatoms. The number of carbonyl (C=O) groups excluding carboxylic acids is 1. The van der Waals surface area contributed by atoms with Crippen molar-refractivity contribution in [1.82, 2.24) is 14.7 Å². The summed E-state index contributed by atoms with van der Waals surface area (Å²) in [5.74, 6) is 0.605. The summed E-state index contributed by atoms with van der Waals surface area (Å²) in [5, 5.41) is 0. The summed E-state index contributed by atoms with van der Waals surface area (Å²) >= 11 is 0. The van der Waals surface area contributed by atoms with Crippen LogP contribution in [0, 0.1) is 5.92 Å². The normalized spacial score (nSPS) is 36.2. The number of amides is 1. The standard InChI is InChI=1S/C18H31N3O3/c1-19-6-8-20(9-7-19)12-16-4-5-18(24-16)13-21(10-11-23-14-18)17(22)15-2-3-15/h15-16H,2-14H2,1H3. The summed E-state index contributed by atoms with van der Waals surface area (Å²) in [6.45, 7) is 8.30. The van der Waals surface area contributed by atoms with E-state index in [1.165, 1.54) is 0 Å². The van der Waals surface area contributed by atoms with Gasteiger partial charge in [-0.3, -0.25) is 9.69 Å². The number of rotatable bonds is 3. The summed E-state index contributed by atoms with van der Waals surface area (Å²) in [5.41, 5.74) is -0.266. The predicted molar refractivity (Wildman–Crippen MR) is 90.9 cm³/mol. The Labute approximate surface area is 145 Å². The van der Waals surface area contributed by atoms with Crippen molar-refractivity contribution in [3.05, 3.63) is 0 Å². The third-order valence-corrected chi connectivity index (χ3v) is 5.98. The molecule has 4 aliphatic rings. The maximum Gasteiger partial charge on any atom is 0.225 e. The van der Waals surface area contributed by atoms with E-state index >= 15 is 0 Å². The molecule has 0 aromatic heterocycles. The zero-order valence-electron chi connectivity index (χ0n) is 14.9. The lowest BCUT2D eigenvalue weighted by Gasteiger charge is -2.35. The van der Waals surface area contributed by atoms with Crippen LogP contribution in [0.25, 0.3) is 0 Å². The number of ether oxygens (including phenoxy) is 2. The smallest absolute Gasteiger partial charge is 0.225 e. The summed E-state index contributed by atoms with van der Waals surface area (Å²) in [6, 6.07) is 0. The molecule has 136 valence electrons. The SMILES string of the molecule is CN1CCN(CC2CCC3(COCCN(C(=O)C4CC4)C3)O2)CC1. The Morgan fingerprint density at radius 1 is 1.12 bits per heavy atom. The molecule has 0 aromatic carbocycles. The highest BCUT2D eigenvalue weighted by Gasteiger charge is 2.46. The molecule has 2 atom stereocenters. The molecule has 1 saturated carbocycles.